The Hall–Kier alpha value is -2.10. The normalized spacial score (nSPS) is 10.1. The molecule has 0 N–H and O–H groups in total. The lowest BCUT2D eigenvalue weighted by Crippen LogP contribution is -2.06. The largest absolute Gasteiger partial charge is 0.496 e. The summed E-state index contributed by atoms with van der Waals surface area (Å²) in [6.45, 7) is 1.52. The van der Waals surface area contributed by atoms with E-state index >= 15 is 0 Å². The molecule has 0 bridgehead atoms. The number of aromatic nitrogens is 2. The van der Waals surface area contributed by atoms with Gasteiger partial charge in [-0.05, 0) is 25.1 Å². The molecule has 0 saturated carbocycles. The molecule has 82 valence electrons. The second-order valence-electron chi connectivity index (χ2n) is 3.36. The highest BCUT2D eigenvalue weighted by Gasteiger charge is 2.14. The first-order chi connectivity index (χ1) is 7.74. The van der Waals surface area contributed by atoms with E-state index in [-0.39, 0.29) is 5.78 Å². The zero-order valence-electron chi connectivity index (χ0n) is 9.18. The average Bonchev–Trinajstić information content (AvgIpc) is 2.81. The fourth-order valence-electron chi connectivity index (χ4n) is 1.65. The summed E-state index contributed by atoms with van der Waals surface area (Å²) < 4.78 is 6.84. The molecule has 0 atom stereocenters. The maximum atomic E-state index is 11.6. The highest BCUT2D eigenvalue weighted by Crippen LogP contribution is 2.25. The molecule has 1 heterocycles. The number of hydrogen-bond donors (Lipinski definition) is 0. The number of methoxy groups -OCH3 is 1. The van der Waals surface area contributed by atoms with Crippen LogP contribution in [-0.2, 0) is 0 Å². The predicted octanol–water partition coefficient (Wildman–Crippen LogP) is 2.08. The number of ketones is 1. The first kappa shape index (κ1) is 10.4. The van der Waals surface area contributed by atoms with E-state index in [1.54, 1.807) is 30.3 Å². The Labute approximate surface area is 93.5 Å². The van der Waals surface area contributed by atoms with Crippen LogP contribution in [0.25, 0.3) is 5.69 Å². The Balaban J connectivity index is 2.65. The van der Waals surface area contributed by atoms with E-state index in [0.29, 0.717) is 11.3 Å². The third-order valence-electron chi connectivity index (χ3n) is 2.33. The number of Topliss-reactive ketones (excluding diaryl/α,β-unsaturated/α-hetero) is 1. The lowest BCUT2D eigenvalue weighted by atomic mass is 10.1. The molecule has 0 aliphatic carbocycles. The molecular weight excluding hydrogens is 204 g/mol. The molecule has 0 spiro atoms. The quantitative estimate of drug-likeness (QED) is 0.738. The Morgan fingerprint density at radius 2 is 2.19 bits per heavy atom. The van der Waals surface area contributed by atoms with Gasteiger partial charge in [-0.15, -0.1) is 0 Å². The molecule has 0 amide bonds. The van der Waals surface area contributed by atoms with E-state index in [9.17, 15) is 4.79 Å². The molecule has 0 unspecified atom stereocenters. The number of benzene rings is 1. The minimum atomic E-state index is -0.0389. The van der Waals surface area contributed by atoms with Crippen LogP contribution < -0.4 is 4.74 Å². The third-order valence-corrected chi connectivity index (χ3v) is 2.33. The number of carbonyl (C=O) groups is 1. The summed E-state index contributed by atoms with van der Waals surface area (Å²) >= 11 is 0. The maximum Gasteiger partial charge on any atom is 0.165 e. The molecule has 4 heteroatoms. The molecule has 0 aliphatic rings. The summed E-state index contributed by atoms with van der Waals surface area (Å²) in [4.78, 5) is 11.6. The molecule has 0 radical (unpaired) electrons. The van der Waals surface area contributed by atoms with E-state index in [0.717, 1.165) is 5.69 Å². The second-order valence-corrected chi connectivity index (χ2v) is 3.36. The zero-order chi connectivity index (χ0) is 11.5. The van der Waals surface area contributed by atoms with Crippen LogP contribution >= 0.6 is 0 Å². The summed E-state index contributed by atoms with van der Waals surface area (Å²) in [7, 11) is 1.55. The fraction of sp³-hybridized carbons (Fsp3) is 0.167. The van der Waals surface area contributed by atoms with Crippen molar-refractivity contribution in [2.75, 3.05) is 7.11 Å². The molecular formula is C12H12N2O2. The van der Waals surface area contributed by atoms with Crippen LogP contribution in [0.3, 0.4) is 0 Å². The number of hydrogen-bond acceptors (Lipinski definition) is 3. The average molecular weight is 216 g/mol. The smallest absolute Gasteiger partial charge is 0.165 e. The van der Waals surface area contributed by atoms with Crippen LogP contribution in [0.5, 0.6) is 5.75 Å². The van der Waals surface area contributed by atoms with Gasteiger partial charge in [0.2, 0.25) is 0 Å². The first-order valence-corrected chi connectivity index (χ1v) is 4.92. The summed E-state index contributed by atoms with van der Waals surface area (Å²) in [5.41, 5.74) is 1.28. The first-order valence-electron chi connectivity index (χ1n) is 4.92. The van der Waals surface area contributed by atoms with Gasteiger partial charge in [-0.3, -0.25) is 4.79 Å². The highest BCUT2D eigenvalue weighted by atomic mass is 16.5. The molecule has 0 fully saturated rings. The Bertz CT molecular complexity index is 504. The van der Waals surface area contributed by atoms with Crippen molar-refractivity contribution in [3.63, 3.8) is 0 Å². The van der Waals surface area contributed by atoms with Crippen molar-refractivity contribution in [2.24, 2.45) is 0 Å². The lowest BCUT2D eigenvalue weighted by molar-refractivity contribution is 0.101. The Morgan fingerprint density at radius 3 is 2.75 bits per heavy atom. The van der Waals surface area contributed by atoms with Crippen molar-refractivity contribution >= 4 is 5.78 Å². The standard InChI is InChI=1S/C12H12N2O2/c1-9(15)12-10(14-8-4-7-13-14)5-3-6-11(12)16-2/h3-8H,1-2H3. The predicted molar refractivity (Wildman–Crippen MR) is 60.1 cm³/mol. The van der Waals surface area contributed by atoms with Crippen LogP contribution in [0.2, 0.25) is 0 Å². The van der Waals surface area contributed by atoms with E-state index in [2.05, 4.69) is 5.10 Å². The number of rotatable bonds is 3. The number of nitrogens with zero attached hydrogens (tertiary/aromatic N) is 2. The van der Waals surface area contributed by atoms with E-state index in [4.69, 9.17) is 4.74 Å². The van der Waals surface area contributed by atoms with Crippen LogP contribution in [-0.4, -0.2) is 22.7 Å². The Morgan fingerprint density at radius 1 is 1.38 bits per heavy atom. The van der Waals surface area contributed by atoms with Gasteiger partial charge in [0, 0.05) is 12.4 Å². The van der Waals surface area contributed by atoms with Gasteiger partial charge in [0.1, 0.15) is 5.75 Å². The zero-order valence-corrected chi connectivity index (χ0v) is 9.18. The molecule has 1 aromatic heterocycles. The van der Waals surface area contributed by atoms with Gasteiger partial charge in [0.15, 0.2) is 5.78 Å². The van der Waals surface area contributed by atoms with Crippen molar-refractivity contribution in [3.05, 3.63) is 42.2 Å². The molecule has 2 aromatic rings. The number of carbonyl (C=O) groups excluding carboxylic acids is 1. The van der Waals surface area contributed by atoms with Crippen molar-refractivity contribution in [3.8, 4) is 11.4 Å². The number of ether oxygens (including phenoxy) is 1. The molecule has 0 saturated heterocycles. The summed E-state index contributed by atoms with van der Waals surface area (Å²) in [6.07, 6.45) is 3.46. The van der Waals surface area contributed by atoms with E-state index < -0.39 is 0 Å². The van der Waals surface area contributed by atoms with E-state index in [1.807, 2.05) is 18.2 Å². The summed E-state index contributed by atoms with van der Waals surface area (Å²) in [5.74, 6) is 0.531. The monoisotopic (exact) mass is 216 g/mol. The summed E-state index contributed by atoms with van der Waals surface area (Å²) in [5, 5.41) is 4.11. The van der Waals surface area contributed by atoms with Crippen molar-refractivity contribution in [1.29, 1.82) is 0 Å². The third kappa shape index (κ3) is 1.69. The maximum absolute atomic E-state index is 11.6. The van der Waals surface area contributed by atoms with Crippen LogP contribution in [0, 0.1) is 0 Å². The SMILES string of the molecule is COc1cccc(-n2cccn2)c1C(C)=O. The van der Waals surface area contributed by atoms with Crippen molar-refractivity contribution in [1.82, 2.24) is 9.78 Å². The van der Waals surface area contributed by atoms with Gasteiger partial charge in [-0.25, -0.2) is 4.68 Å². The fourth-order valence-corrected chi connectivity index (χ4v) is 1.65. The topological polar surface area (TPSA) is 44.1 Å². The van der Waals surface area contributed by atoms with Gasteiger partial charge < -0.3 is 4.74 Å². The molecule has 1 aromatic carbocycles. The molecule has 4 nitrogen and oxygen atoms in total. The van der Waals surface area contributed by atoms with Crippen molar-refractivity contribution < 1.29 is 9.53 Å². The van der Waals surface area contributed by atoms with Crippen molar-refractivity contribution in [2.45, 2.75) is 6.92 Å². The van der Waals surface area contributed by atoms with Gasteiger partial charge >= 0.3 is 0 Å². The Kier molecular flexibility index (Phi) is 2.72. The van der Waals surface area contributed by atoms with E-state index in [1.165, 1.54) is 6.92 Å². The minimum Gasteiger partial charge on any atom is -0.496 e. The second kappa shape index (κ2) is 4.18. The van der Waals surface area contributed by atoms with Crippen LogP contribution in [0.1, 0.15) is 17.3 Å². The molecule has 2 rings (SSSR count). The minimum absolute atomic E-state index is 0.0389. The van der Waals surface area contributed by atoms with Gasteiger partial charge in [0.25, 0.3) is 0 Å². The molecule has 16 heavy (non-hydrogen) atoms. The van der Waals surface area contributed by atoms with Gasteiger partial charge in [-0.2, -0.15) is 5.10 Å². The summed E-state index contributed by atoms with van der Waals surface area (Å²) in [6, 6.07) is 7.25. The highest BCUT2D eigenvalue weighted by molar-refractivity contribution is 6.00. The lowest BCUT2D eigenvalue weighted by Gasteiger charge is -2.11. The molecule has 0 aliphatic heterocycles. The van der Waals surface area contributed by atoms with Gasteiger partial charge in [-0.1, -0.05) is 6.07 Å². The van der Waals surface area contributed by atoms with Gasteiger partial charge in [0.05, 0.1) is 18.4 Å². The van der Waals surface area contributed by atoms with Crippen LogP contribution in [0.4, 0.5) is 0 Å². The van der Waals surface area contributed by atoms with Crippen LogP contribution in [0.15, 0.2) is 36.7 Å².